The summed E-state index contributed by atoms with van der Waals surface area (Å²) >= 11 is 0. The zero-order chi connectivity index (χ0) is 12.3. The molecule has 2 rings (SSSR count). The molecule has 0 saturated carbocycles. The average Bonchev–Trinajstić information content (AvgIpc) is 2.32. The monoisotopic (exact) mass is 245 g/mol. The molecule has 2 N–H and O–H groups in total. The molecule has 0 fully saturated rings. The molecule has 1 atom stereocenters. The Morgan fingerprint density at radius 3 is 2.47 bits per heavy atom. The second kappa shape index (κ2) is 5.15. The summed E-state index contributed by atoms with van der Waals surface area (Å²) in [5.41, 5.74) is 8.62. The summed E-state index contributed by atoms with van der Waals surface area (Å²) < 4.78 is 12.1. The van der Waals surface area contributed by atoms with E-state index >= 15 is 0 Å². The fourth-order valence-electron chi connectivity index (χ4n) is 1.58. The van der Waals surface area contributed by atoms with Gasteiger partial charge in [0.2, 0.25) is 0 Å². The highest BCUT2D eigenvalue weighted by atomic mass is 32.2. The number of rotatable bonds is 3. The molecule has 2 aromatic carbocycles. The second-order valence-electron chi connectivity index (χ2n) is 4.05. The van der Waals surface area contributed by atoms with Crippen molar-refractivity contribution in [1.82, 2.24) is 0 Å². The molecule has 0 saturated heterocycles. The summed E-state index contributed by atoms with van der Waals surface area (Å²) in [7, 11) is -1.03. The van der Waals surface area contributed by atoms with Crippen LogP contribution in [0, 0.1) is 6.92 Å². The number of benzene rings is 2. The molecule has 0 bridgehead atoms. The fourth-order valence-corrected chi connectivity index (χ4v) is 2.73. The molecule has 17 heavy (non-hydrogen) atoms. The molecule has 2 nitrogen and oxygen atoms in total. The van der Waals surface area contributed by atoms with E-state index in [-0.39, 0.29) is 0 Å². The lowest BCUT2D eigenvalue weighted by Gasteiger charge is -2.04. The van der Waals surface area contributed by atoms with Crippen molar-refractivity contribution in [3.05, 3.63) is 59.7 Å². The van der Waals surface area contributed by atoms with E-state index in [1.165, 1.54) is 5.56 Å². The smallest absolute Gasteiger partial charge is 0.0574 e. The largest absolute Gasteiger partial charge is 0.399 e. The SMILES string of the molecule is Cc1ccc(CS(=O)c2cccc(N)c2)cc1. The van der Waals surface area contributed by atoms with Gasteiger partial charge < -0.3 is 5.73 Å². The van der Waals surface area contributed by atoms with Crippen molar-refractivity contribution >= 4 is 16.5 Å². The molecule has 0 amide bonds. The molecular weight excluding hydrogens is 230 g/mol. The highest BCUT2D eigenvalue weighted by Crippen LogP contribution is 2.15. The summed E-state index contributed by atoms with van der Waals surface area (Å²) in [6, 6.07) is 15.3. The minimum absolute atomic E-state index is 0.531. The predicted molar refractivity (Wildman–Crippen MR) is 72.1 cm³/mol. The van der Waals surface area contributed by atoms with Crippen molar-refractivity contribution < 1.29 is 4.21 Å². The van der Waals surface area contributed by atoms with E-state index in [2.05, 4.69) is 0 Å². The highest BCUT2D eigenvalue weighted by molar-refractivity contribution is 7.84. The van der Waals surface area contributed by atoms with Crippen molar-refractivity contribution in [3.63, 3.8) is 0 Å². The average molecular weight is 245 g/mol. The summed E-state index contributed by atoms with van der Waals surface area (Å²) in [5, 5.41) is 0. The van der Waals surface area contributed by atoms with Crippen molar-refractivity contribution in [3.8, 4) is 0 Å². The molecule has 0 spiro atoms. The zero-order valence-corrected chi connectivity index (χ0v) is 10.5. The van der Waals surface area contributed by atoms with Gasteiger partial charge in [0.1, 0.15) is 0 Å². The Bertz CT molecular complexity index is 534. The summed E-state index contributed by atoms with van der Waals surface area (Å²) in [5.74, 6) is 0.531. The number of hydrogen-bond acceptors (Lipinski definition) is 2. The summed E-state index contributed by atoms with van der Waals surface area (Å²) in [4.78, 5) is 0.783. The molecule has 3 heteroatoms. The van der Waals surface area contributed by atoms with E-state index in [0.717, 1.165) is 10.5 Å². The number of anilines is 1. The Balaban J connectivity index is 2.14. The normalized spacial score (nSPS) is 12.3. The number of nitrogen functional groups attached to an aromatic ring is 1. The van der Waals surface area contributed by atoms with E-state index in [1.54, 1.807) is 12.1 Å². The van der Waals surface area contributed by atoms with Crippen LogP contribution in [0.15, 0.2) is 53.4 Å². The van der Waals surface area contributed by atoms with Crippen LogP contribution in [0.2, 0.25) is 0 Å². The minimum atomic E-state index is -1.03. The Morgan fingerprint density at radius 1 is 1.12 bits per heavy atom. The van der Waals surface area contributed by atoms with E-state index in [4.69, 9.17) is 5.73 Å². The van der Waals surface area contributed by atoms with Gasteiger partial charge in [0.25, 0.3) is 0 Å². The van der Waals surface area contributed by atoms with Gasteiger partial charge in [-0.25, -0.2) is 0 Å². The molecule has 2 aromatic rings. The predicted octanol–water partition coefficient (Wildman–Crippen LogP) is 2.89. The third-order valence-corrected chi connectivity index (χ3v) is 3.91. The first kappa shape index (κ1) is 11.9. The quantitative estimate of drug-likeness (QED) is 0.845. The fraction of sp³-hybridized carbons (Fsp3) is 0.143. The summed E-state index contributed by atoms with van der Waals surface area (Å²) in [6.45, 7) is 2.04. The van der Waals surface area contributed by atoms with E-state index < -0.39 is 10.8 Å². The van der Waals surface area contributed by atoms with Gasteiger partial charge in [-0.3, -0.25) is 4.21 Å². The molecule has 0 aliphatic rings. The lowest BCUT2D eigenvalue weighted by Crippen LogP contribution is -1.97. The van der Waals surface area contributed by atoms with Crippen LogP contribution in [0.5, 0.6) is 0 Å². The van der Waals surface area contributed by atoms with Crippen molar-refractivity contribution in [2.45, 2.75) is 17.6 Å². The molecule has 0 aliphatic heterocycles. The van der Waals surface area contributed by atoms with Crippen LogP contribution < -0.4 is 5.73 Å². The molecule has 1 unspecified atom stereocenters. The van der Waals surface area contributed by atoms with Gasteiger partial charge in [0.05, 0.1) is 16.6 Å². The van der Waals surface area contributed by atoms with Crippen LogP contribution in [-0.2, 0) is 16.6 Å². The molecular formula is C14H15NOS. The maximum atomic E-state index is 12.1. The van der Waals surface area contributed by atoms with E-state index in [1.807, 2.05) is 43.3 Å². The van der Waals surface area contributed by atoms with E-state index in [0.29, 0.717) is 11.4 Å². The number of aryl methyl sites for hydroxylation is 1. The lowest BCUT2D eigenvalue weighted by molar-refractivity contribution is 0.682. The Morgan fingerprint density at radius 2 is 1.82 bits per heavy atom. The topological polar surface area (TPSA) is 43.1 Å². The lowest BCUT2D eigenvalue weighted by atomic mass is 10.2. The van der Waals surface area contributed by atoms with Crippen LogP contribution >= 0.6 is 0 Å². The van der Waals surface area contributed by atoms with Crippen LogP contribution in [0.4, 0.5) is 5.69 Å². The Hall–Kier alpha value is -1.61. The molecule has 0 radical (unpaired) electrons. The standard InChI is InChI=1S/C14H15NOS/c1-11-5-7-12(8-6-11)10-17(16)14-4-2-3-13(15)9-14/h2-9H,10,15H2,1H3. The maximum Gasteiger partial charge on any atom is 0.0574 e. The van der Waals surface area contributed by atoms with Crippen molar-refractivity contribution in [1.29, 1.82) is 0 Å². The molecule has 0 heterocycles. The second-order valence-corrected chi connectivity index (χ2v) is 5.50. The van der Waals surface area contributed by atoms with Crippen LogP contribution in [-0.4, -0.2) is 4.21 Å². The molecule has 0 aliphatic carbocycles. The first-order valence-corrected chi connectivity index (χ1v) is 6.76. The number of nitrogens with two attached hydrogens (primary N) is 1. The molecule has 88 valence electrons. The van der Waals surface area contributed by atoms with Crippen LogP contribution in [0.3, 0.4) is 0 Å². The Kier molecular flexibility index (Phi) is 3.59. The van der Waals surface area contributed by atoms with Gasteiger partial charge in [-0.2, -0.15) is 0 Å². The molecule has 0 aromatic heterocycles. The van der Waals surface area contributed by atoms with Gasteiger partial charge in [-0.05, 0) is 30.7 Å². The van der Waals surface area contributed by atoms with Gasteiger partial charge in [0.15, 0.2) is 0 Å². The van der Waals surface area contributed by atoms with Gasteiger partial charge in [-0.1, -0.05) is 35.9 Å². The first-order chi connectivity index (χ1) is 8.15. The van der Waals surface area contributed by atoms with E-state index in [9.17, 15) is 4.21 Å². The van der Waals surface area contributed by atoms with Gasteiger partial charge >= 0.3 is 0 Å². The zero-order valence-electron chi connectivity index (χ0n) is 9.72. The summed E-state index contributed by atoms with van der Waals surface area (Å²) in [6.07, 6.45) is 0. The van der Waals surface area contributed by atoms with Crippen LogP contribution in [0.1, 0.15) is 11.1 Å². The maximum absolute atomic E-state index is 12.1. The van der Waals surface area contributed by atoms with Gasteiger partial charge in [-0.15, -0.1) is 0 Å². The minimum Gasteiger partial charge on any atom is -0.399 e. The number of hydrogen-bond donors (Lipinski definition) is 1. The van der Waals surface area contributed by atoms with Crippen LogP contribution in [0.25, 0.3) is 0 Å². The van der Waals surface area contributed by atoms with Crippen molar-refractivity contribution in [2.24, 2.45) is 0 Å². The highest BCUT2D eigenvalue weighted by Gasteiger charge is 2.05. The Labute approximate surface area is 104 Å². The third kappa shape index (κ3) is 3.17. The first-order valence-electron chi connectivity index (χ1n) is 5.44. The van der Waals surface area contributed by atoms with Gasteiger partial charge in [0, 0.05) is 10.6 Å². The van der Waals surface area contributed by atoms with Crippen molar-refractivity contribution in [2.75, 3.05) is 5.73 Å². The third-order valence-electron chi connectivity index (χ3n) is 2.54.